The summed E-state index contributed by atoms with van der Waals surface area (Å²) in [4.78, 5) is 0. The number of ether oxygens (including phenoxy) is 2. The van der Waals surface area contributed by atoms with Crippen LogP contribution in [-0.4, -0.2) is 7.11 Å². The van der Waals surface area contributed by atoms with E-state index in [9.17, 15) is 0 Å². The van der Waals surface area contributed by atoms with Gasteiger partial charge in [0.1, 0.15) is 18.1 Å². The lowest BCUT2D eigenvalue weighted by Gasteiger charge is -2.16. The highest BCUT2D eigenvalue weighted by atomic mass is 79.9. The van der Waals surface area contributed by atoms with E-state index >= 15 is 0 Å². The number of hydrogen-bond donors (Lipinski definition) is 1. The maximum Gasteiger partial charge on any atom is 0.139 e. The van der Waals surface area contributed by atoms with Gasteiger partial charge in [0.2, 0.25) is 0 Å². The zero-order chi connectivity index (χ0) is 19.2. The lowest BCUT2D eigenvalue weighted by molar-refractivity contribution is 0.301. The summed E-state index contributed by atoms with van der Waals surface area (Å²) in [7, 11) is 1.66. The first-order chi connectivity index (χ1) is 13.0. The number of nitrogens with one attached hydrogen (secondary N) is 1. The summed E-state index contributed by atoms with van der Waals surface area (Å²) in [6, 6.07) is 19.5. The molecule has 0 bridgehead atoms. The van der Waals surface area contributed by atoms with Crippen molar-refractivity contribution in [2.24, 2.45) is 0 Å². The smallest absolute Gasteiger partial charge is 0.139 e. The van der Waals surface area contributed by atoms with Gasteiger partial charge in [-0.25, -0.2) is 0 Å². The zero-order valence-corrected chi connectivity index (χ0v) is 18.6. The monoisotopic (exact) mass is 509 g/mol. The van der Waals surface area contributed by atoms with Crippen molar-refractivity contribution in [3.8, 4) is 11.5 Å². The van der Waals surface area contributed by atoms with Crippen LogP contribution in [0.3, 0.4) is 0 Å². The van der Waals surface area contributed by atoms with Gasteiger partial charge in [0.15, 0.2) is 0 Å². The fourth-order valence-electron chi connectivity index (χ4n) is 2.55. The Balaban J connectivity index is 1.73. The van der Waals surface area contributed by atoms with E-state index in [0.29, 0.717) is 18.2 Å². The van der Waals surface area contributed by atoms with Crippen molar-refractivity contribution in [1.29, 1.82) is 0 Å². The van der Waals surface area contributed by atoms with Crippen LogP contribution in [0.2, 0.25) is 5.02 Å². The van der Waals surface area contributed by atoms with Crippen molar-refractivity contribution in [3.05, 3.63) is 85.8 Å². The quantitative estimate of drug-likeness (QED) is 0.368. The van der Waals surface area contributed by atoms with Crippen LogP contribution >= 0.6 is 43.5 Å². The summed E-state index contributed by atoms with van der Waals surface area (Å²) in [6.07, 6.45) is 0. The maximum absolute atomic E-state index is 6.10. The van der Waals surface area contributed by atoms with Gasteiger partial charge in [-0.15, -0.1) is 0 Å². The third-order valence-corrected chi connectivity index (χ3v) is 5.25. The summed E-state index contributed by atoms with van der Waals surface area (Å²) in [6.45, 7) is 1.09. The molecular weight excluding hydrogens is 493 g/mol. The van der Waals surface area contributed by atoms with Crippen molar-refractivity contribution >= 4 is 49.1 Å². The highest BCUT2D eigenvalue weighted by molar-refractivity contribution is 9.11. The Bertz CT molecular complexity index is 899. The highest BCUT2D eigenvalue weighted by Gasteiger charge is 2.11. The van der Waals surface area contributed by atoms with E-state index in [1.165, 1.54) is 0 Å². The number of methoxy groups -OCH3 is 1. The summed E-state index contributed by atoms with van der Waals surface area (Å²) < 4.78 is 13.2. The van der Waals surface area contributed by atoms with Crippen molar-refractivity contribution in [3.63, 3.8) is 0 Å². The molecule has 0 atom stereocenters. The van der Waals surface area contributed by atoms with E-state index < -0.39 is 0 Å². The molecule has 0 radical (unpaired) electrons. The van der Waals surface area contributed by atoms with Gasteiger partial charge in [-0.2, -0.15) is 0 Å². The summed E-state index contributed by atoms with van der Waals surface area (Å²) in [5.74, 6) is 1.65. The molecule has 0 aliphatic heterocycles. The first kappa shape index (κ1) is 20.1. The predicted octanol–water partition coefficient (Wildman–Crippen LogP) is 7.06. The van der Waals surface area contributed by atoms with Crippen molar-refractivity contribution in [2.75, 3.05) is 12.4 Å². The average molecular weight is 512 g/mol. The minimum Gasteiger partial charge on any atom is -0.497 e. The van der Waals surface area contributed by atoms with Gasteiger partial charge < -0.3 is 14.8 Å². The molecule has 1 N–H and O–H groups in total. The second-order valence-electron chi connectivity index (χ2n) is 5.87. The molecule has 0 amide bonds. The van der Waals surface area contributed by atoms with E-state index in [1.54, 1.807) is 7.11 Å². The second-order valence-corrected chi connectivity index (χ2v) is 8.08. The highest BCUT2D eigenvalue weighted by Crippen LogP contribution is 2.34. The van der Waals surface area contributed by atoms with Gasteiger partial charge in [0, 0.05) is 27.3 Å². The van der Waals surface area contributed by atoms with Crippen LogP contribution in [0, 0.1) is 0 Å². The Morgan fingerprint density at radius 2 is 1.67 bits per heavy atom. The molecule has 0 saturated carbocycles. The molecule has 3 aromatic rings. The van der Waals surface area contributed by atoms with Crippen molar-refractivity contribution in [1.82, 2.24) is 0 Å². The third-order valence-electron chi connectivity index (χ3n) is 3.95. The van der Waals surface area contributed by atoms with Crippen LogP contribution < -0.4 is 14.8 Å². The Labute approximate surface area is 180 Å². The van der Waals surface area contributed by atoms with Crippen LogP contribution in [0.1, 0.15) is 11.1 Å². The number of rotatable bonds is 7. The van der Waals surface area contributed by atoms with E-state index in [2.05, 4.69) is 43.2 Å². The molecule has 6 heteroatoms. The largest absolute Gasteiger partial charge is 0.497 e. The summed E-state index contributed by atoms with van der Waals surface area (Å²) >= 11 is 13.1. The molecule has 0 aromatic heterocycles. The van der Waals surface area contributed by atoms with E-state index in [-0.39, 0.29) is 0 Å². The predicted molar refractivity (Wildman–Crippen MR) is 118 cm³/mol. The number of anilines is 1. The van der Waals surface area contributed by atoms with Crippen LogP contribution in [0.4, 0.5) is 5.69 Å². The van der Waals surface area contributed by atoms with Crippen molar-refractivity contribution < 1.29 is 9.47 Å². The van der Waals surface area contributed by atoms with Gasteiger partial charge in [0.05, 0.1) is 11.6 Å². The van der Waals surface area contributed by atoms with Gasteiger partial charge in [0.25, 0.3) is 0 Å². The number of benzene rings is 3. The molecule has 0 saturated heterocycles. The number of halogens is 3. The fourth-order valence-corrected chi connectivity index (χ4v) is 4.10. The lowest BCUT2D eigenvalue weighted by Crippen LogP contribution is -2.04. The van der Waals surface area contributed by atoms with Gasteiger partial charge in [-0.1, -0.05) is 39.7 Å². The lowest BCUT2D eigenvalue weighted by atomic mass is 10.2. The standard InChI is InChI=1S/C21H18Br2ClNO2/c1-26-19-8-6-18(7-9-19)25-12-15-10-16(22)11-20(23)21(15)27-13-14-2-4-17(24)5-3-14/h2-11,25H,12-13H2,1H3. The Hall–Kier alpha value is -1.69. The normalized spacial score (nSPS) is 10.5. The first-order valence-corrected chi connectivity index (χ1v) is 10.2. The molecule has 0 aliphatic carbocycles. The summed E-state index contributed by atoms with van der Waals surface area (Å²) in [5, 5.41) is 4.13. The Morgan fingerprint density at radius 3 is 2.33 bits per heavy atom. The molecule has 27 heavy (non-hydrogen) atoms. The van der Waals surface area contributed by atoms with Gasteiger partial charge in [-0.05, 0) is 70.0 Å². The first-order valence-electron chi connectivity index (χ1n) is 8.28. The zero-order valence-electron chi connectivity index (χ0n) is 14.6. The molecule has 3 rings (SSSR count). The molecule has 0 spiro atoms. The van der Waals surface area contributed by atoms with Crippen LogP contribution in [0.5, 0.6) is 11.5 Å². The maximum atomic E-state index is 6.10. The molecule has 0 aliphatic rings. The minimum atomic E-state index is 0.465. The van der Waals surface area contributed by atoms with Crippen LogP contribution in [0.15, 0.2) is 69.6 Å². The van der Waals surface area contributed by atoms with Gasteiger partial charge >= 0.3 is 0 Å². The molecule has 0 heterocycles. The Morgan fingerprint density at radius 1 is 0.963 bits per heavy atom. The third kappa shape index (κ3) is 5.64. The van der Waals surface area contributed by atoms with E-state index in [1.807, 2.05) is 54.6 Å². The second kappa shape index (κ2) is 9.49. The SMILES string of the molecule is COc1ccc(NCc2cc(Br)cc(Br)c2OCc2ccc(Cl)cc2)cc1. The molecule has 0 fully saturated rings. The number of hydrogen-bond acceptors (Lipinski definition) is 3. The van der Waals surface area contributed by atoms with E-state index in [0.717, 1.165) is 37.3 Å². The molecule has 140 valence electrons. The van der Waals surface area contributed by atoms with Crippen LogP contribution in [-0.2, 0) is 13.2 Å². The van der Waals surface area contributed by atoms with E-state index in [4.69, 9.17) is 21.1 Å². The fraction of sp³-hybridized carbons (Fsp3) is 0.143. The molecule has 3 nitrogen and oxygen atoms in total. The van der Waals surface area contributed by atoms with Gasteiger partial charge in [-0.3, -0.25) is 0 Å². The summed E-state index contributed by atoms with van der Waals surface area (Å²) in [5.41, 5.74) is 3.11. The van der Waals surface area contributed by atoms with Crippen molar-refractivity contribution in [2.45, 2.75) is 13.2 Å². The average Bonchev–Trinajstić information content (AvgIpc) is 2.67. The Kier molecular flexibility index (Phi) is 7.05. The van der Waals surface area contributed by atoms with Crippen LogP contribution in [0.25, 0.3) is 0 Å². The minimum absolute atomic E-state index is 0.465. The molecular formula is C21H18Br2ClNO2. The molecule has 0 unspecified atom stereocenters. The molecule has 3 aromatic carbocycles. The topological polar surface area (TPSA) is 30.5 Å².